The second-order valence-electron chi connectivity index (χ2n) is 13.1. The first-order valence-electron chi connectivity index (χ1n) is 15.8. The van der Waals surface area contributed by atoms with Crippen LogP contribution in [0.3, 0.4) is 0 Å². The van der Waals surface area contributed by atoms with Crippen molar-refractivity contribution in [1.82, 2.24) is 14.6 Å². The summed E-state index contributed by atoms with van der Waals surface area (Å²) in [4.78, 5) is 20.7. The van der Waals surface area contributed by atoms with E-state index in [0.29, 0.717) is 24.4 Å². The molecule has 0 aliphatic carbocycles. The van der Waals surface area contributed by atoms with Gasteiger partial charge >= 0.3 is 5.97 Å². The maximum Gasteiger partial charge on any atom is 0.340 e. The molecule has 6 rings (SSSR count). The first-order valence-corrected chi connectivity index (χ1v) is 15.8. The molecule has 0 saturated carbocycles. The number of fused-ring (bicyclic) bond motifs is 9. The number of esters is 1. The minimum Gasteiger partial charge on any atom is -0.464 e. The molecule has 6 bridgehead atoms. The normalized spacial score (nSPS) is 18.5. The first kappa shape index (κ1) is 34.2. The van der Waals surface area contributed by atoms with Gasteiger partial charge in [-0.3, -0.25) is 0 Å². The smallest absolute Gasteiger partial charge is 0.340 e. The van der Waals surface area contributed by atoms with E-state index in [4.69, 9.17) is 29.0 Å². The molecule has 2 aromatic heterocycles. The van der Waals surface area contributed by atoms with Gasteiger partial charge in [0.25, 0.3) is 0 Å². The second kappa shape index (κ2) is 14.6. The molecule has 0 unspecified atom stereocenters. The Morgan fingerprint density at radius 2 is 1.84 bits per heavy atom. The maximum atomic E-state index is 13.4. The van der Waals surface area contributed by atoms with Crippen LogP contribution < -0.4 is 4.90 Å². The quantitative estimate of drug-likeness (QED) is 0.308. The Morgan fingerprint density at radius 3 is 2.57 bits per heavy atom. The minimum absolute atomic E-state index is 0. The Balaban J connectivity index is 0.00000442. The fourth-order valence-corrected chi connectivity index (χ4v) is 6.05. The summed E-state index contributed by atoms with van der Waals surface area (Å²) in [7, 11) is 0. The van der Waals surface area contributed by atoms with Gasteiger partial charge in [0.1, 0.15) is 5.82 Å². The lowest BCUT2D eigenvalue weighted by Crippen LogP contribution is -2.46. The van der Waals surface area contributed by atoms with Crippen LogP contribution in [0.5, 0.6) is 0 Å². The molecule has 5 heterocycles. The number of nitrogens with zero attached hydrogens (tertiary/aromatic N) is 4. The molecule has 242 valence electrons. The van der Waals surface area contributed by atoms with E-state index in [1.807, 2.05) is 45.2 Å². The third-order valence-electron chi connectivity index (χ3n) is 8.28. The highest BCUT2D eigenvalue weighted by Crippen LogP contribution is 2.38. The lowest BCUT2D eigenvalue weighted by molar-refractivity contribution is -0.166. The standard InChI is InChI=1S/C34H48N4O5.H2S/c1-7-41-32(39)30(43-33(3,4)5)29-24(2)35-28-21-27-23-40-22-26-14-11-13-25(20-26)12-9-8-10-19-42-34(6)15-17-37(18-16-34)31(29)38(28)36-27;/h11,13-14,20-21,30H,7-10,12,15-19,22-23H2,1-6H3;1H2/t30-;/m0./s1. The van der Waals surface area contributed by atoms with E-state index in [1.54, 1.807) is 0 Å². The number of aromatic nitrogens is 3. The molecule has 3 aliphatic heterocycles. The van der Waals surface area contributed by atoms with Crippen molar-refractivity contribution in [2.24, 2.45) is 0 Å². The predicted octanol–water partition coefficient (Wildman–Crippen LogP) is 6.39. The van der Waals surface area contributed by atoms with Crippen LogP contribution in [-0.4, -0.2) is 58.1 Å². The summed E-state index contributed by atoms with van der Waals surface area (Å²) in [5, 5.41) is 4.98. The molecule has 1 saturated heterocycles. The summed E-state index contributed by atoms with van der Waals surface area (Å²) in [5.41, 5.74) is 4.62. The van der Waals surface area contributed by atoms with Crippen LogP contribution in [-0.2, 0) is 43.4 Å². The highest BCUT2D eigenvalue weighted by molar-refractivity contribution is 7.59. The van der Waals surface area contributed by atoms with E-state index in [2.05, 4.69) is 36.1 Å². The molecule has 0 spiro atoms. The highest BCUT2D eigenvalue weighted by atomic mass is 32.1. The van der Waals surface area contributed by atoms with E-state index < -0.39 is 17.7 Å². The number of aryl methyl sites for hydroxylation is 2. The number of hydrogen-bond donors (Lipinski definition) is 0. The van der Waals surface area contributed by atoms with Crippen LogP contribution in [0.1, 0.15) is 101 Å². The van der Waals surface area contributed by atoms with Crippen molar-refractivity contribution in [3.8, 4) is 0 Å². The molecule has 0 amide bonds. The Labute approximate surface area is 269 Å². The largest absolute Gasteiger partial charge is 0.464 e. The first-order chi connectivity index (χ1) is 20.5. The molecule has 3 aliphatic rings. The summed E-state index contributed by atoms with van der Waals surface area (Å²) in [6.45, 7) is 15.2. The molecular weight excluding hydrogens is 576 g/mol. The number of ether oxygens (including phenoxy) is 4. The van der Waals surface area contributed by atoms with Crippen molar-refractivity contribution in [1.29, 1.82) is 0 Å². The van der Waals surface area contributed by atoms with Crippen LogP contribution >= 0.6 is 13.5 Å². The summed E-state index contributed by atoms with van der Waals surface area (Å²) in [5.74, 6) is 0.396. The Hall–Kier alpha value is -2.66. The number of piperidine rings is 1. The molecule has 1 atom stereocenters. The van der Waals surface area contributed by atoms with Crippen LogP contribution in [0, 0.1) is 6.92 Å². The Morgan fingerprint density at radius 1 is 1.09 bits per heavy atom. The van der Waals surface area contributed by atoms with Crippen LogP contribution in [0.2, 0.25) is 0 Å². The van der Waals surface area contributed by atoms with E-state index in [1.165, 1.54) is 5.56 Å². The Bertz CT molecular complexity index is 1410. The second-order valence-corrected chi connectivity index (χ2v) is 13.1. The molecule has 9 nitrogen and oxygen atoms in total. The molecule has 0 radical (unpaired) electrons. The van der Waals surface area contributed by atoms with Crippen molar-refractivity contribution in [2.45, 2.75) is 111 Å². The van der Waals surface area contributed by atoms with Crippen LogP contribution in [0.25, 0.3) is 5.65 Å². The molecule has 0 N–H and O–H groups in total. The summed E-state index contributed by atoms with van der Waals surface area (Å²) < 4.78 is 26.5. The summed E-state index contributed by atoms with van der Waals surface area (Å²) in [6, 6.07) is 10.6. The van der Waals surface area contributed by atoms with Crippen molar-refractivity contribution in [3.63, 3.8) is 0 Å². The van der Waals surface area contributed by atoms with E-state index >= 15 is 0 Å². The number of carbonyl (C=O) groups is 1. The van der Waals surface area contributed by atoms with Gasteiger partial charge in [-0.1, -0.05) is 30.7 Å². The van der Waals surface area contributed by atoms with Gasteiger partial charge < -0.3 is 23.8 Å². The minimum atomic E-state index is -0.946. The zero-order chi connectivity index (χ0) is 30.6. The summed E-state index contributed by atoms with van der Waals surface area (Å²) >= 11 is 0. The van der Waals surface area contributed by atoms with Gasteiger partial charge in [0.05, 0.1) is 42.3 Å². The average molecular weight is 627 g/mol. The monoisotopic (exact) mass is 626 g/mol. The van der Waals surface area contributed by atoms with Gasteiger partial charge in [-0.2, -0.15) is 23.1 Å². The van der Waals surface area contributed by atoms with Crippen molar-refractivity contribution in [2.75, 3.05) is 31.2 Å². The zero-order valence-corrected chi connectivity index (χ0v) is 28.3. The van der Waals surface area contributed by atoms with Gasteiger partial charge in [-0.05, 0) is 84.8 Å². The molecule has 10 heteroatoms. The predicted molar refractivity (Wildman–Crippen MR) is 177 cm³/mol. The van der Waals surface area contributed by atoms with E-state index in [-0.39, 0.29) is 25.7 Å². The number of rotatable bonds is 4. The topological polar surface area (TPSA) is 87.4 Å². The Kier molecular flexibility index (Phi) is 11.4. The fraction of sp³-hybridized carbons (Fsp3) is 0.618. The lowest BCUT2D eigenvalue weighted by atomic mass is 9.92. The molecular formula is C34H50N4O5S. The van der Waals surface area contributed by atoms with Crippen molar-refractivity contribution in [3.05, 3.63) is 58.4 Å². The van der Waals surface area contributed by atoms with Gasteiger partial charge in [0, 0.05) is 31.5 Å². The molecule has 3 aromatic rings. The van der Waals surface area contributed by atoms with Gasteiger partial charge in [0.2, 0.25) is 0 Å². The van der Waals surface area contributed by atoms with Gasteiger partial charge in [-0.15, -0.1) is 0 Å². The van der Waals surface area contributed by atoms with Crippen molar-refractivity contribution >= 4 is 30.9 Å². The van der Waals surface area contributed by atoms with Crippen molar-refractivity contribution < 1.29 is 23.7 Å². The number of carbonyl (C=O) groups excluding carboxylic acids is 1. The van der Waals surface area contributed by atoms with Gasteiger partial charge in [0.15, 0.2) is 11.8 Å². The molecule has 1 fully saturated rings. The van der Waals surface area contributed by atoms with E-state index in [9.17, 15) is 4.79 Å². The summed E-state index contributed by atoms with van der Waals surface area (Å²) in [6.07, 6.45) is 5.19. The fourth-order valence-electron chi connectivity index (χ4n) is 6.05. The number of benzene rings is 1. The highest BCUT2D eigenvalue weighted by Gasteiger charge is 2.38. The van der Waals surface area contributed by atoms with Gasteiger partial charge in [-0.25, -0.2) is 9.78 Å². The molecule has 44 heavy (non-hydrogen) atoms. The van der Waals surface area contributed by atoms with E-state index in [0.717, 1.165) is 81.0 Å². The number of hydrogen-bond acceptors (Lipinski definition) is 8. The third-order valence-corrected chi connectivity index (χ3v) is 8.28. The molecule has 1 aromatic carbocycles. The lowest BCUT2D eigenvalue weighted by Gasteiger charge is -2.41. The average Bonchev–Trinajstić information content (AvgIpc) is 3.35. The van der Waals surface area contributed by atoms with Crippen LogP contribution in [0.15, 0.2) is 30.3 Å². The number of anilines is 1. The SMILES string of the molecule is CCOC(=O)[C@@H](OC(C)(C)C)c1c(C)nc2cc3nn2c1N1CCC(C)(CC1)OCCCCCc1cccc(c1)COC3.S. The third kappa shape index (κ3) is 8.33. The maximum absolute atomic E-state index is 13.4. The zero-order valence-electron chi connectivity index (χ0n) is 27.3. The van der Waals surface area contributed by atoms with Crippen LogP contribution in [0.4, 0.5) is 5.82 Å².